The van der Waals surface area contributed by atoms with Crippen molar-refractivity contribution in [2.24, 2.45) is 0 Å². The van der Waals surface area contributed by atoms with Crippen LogP contribution >= 0.6 is 0 Å². The number of hydrogen-bond donors (Lipinski definition) is 1. The van der Waals surface area contributed by atoms with E-state index in [1.54, 1.807) is 11.1 Å². The number of halogens is 2. The maximum atomic E-state index is 13.4. The zero-order valence-electron chi connectivity index (χ0n) is 17.6. The molecule has 1 N–H and O–H groups in total. The van der Waals surface area contributed by atoms with Gasteiger partial charge in [0, 0.05) is 50.2 Å². The number of anilines is 1. The molecule has 1 aliphatic rings. The molecule has 1 aromatic heterocycles. The lowest BCUT2D eigenvalue weighted by Crippen LogP contribution is -2.48. The van der Waals surface area contributed by atoms with E-state index < -0.39 is 26.6 Å². The SMILES string of the molecule is O=C(c1ccc(NS(=O)(=O)c2ccc(F)c(F)c2)cc1)N1CCN(Cc2ccccn2)CC1. The summed E-state index contributed by atoms with van der Waals surface area (Å²) in [5.41, 5.74) is 1.62. The molecule has 1 saturated heterocycles. The molecule has 1 amide bonds. The number of amides is 1. The second-order valence-electron chi connectivity index (χ2n) is 7.65. The largest absolute Gasteiger partial charge is 0.336 e. The molecule has 7 nitrogen and oxygen atoms in total. The van der Waals surface area contributed by atoms with E-state index in [0.717, 1.165) is 37.5 Å². The number of carbonyl (C=O) groups excluding carboxylic acids is 1. The molecule has 2 heterocycles. The summed E-state index contributed by atoms with van der Waals surface area (Å²) in [6.07, 6.45) is 1.76. The molecule has 0 spiro atoms. The fraction of sp³-hybridized carbons (Fsp3) is 0.217. The summed E-state index contributed by atoms with van der Waals surface area (Å²) >= 11 is 0. The first-order chi connectivity index (χ1) is 15.8. The Balaban J connectivity index is 1.35. The number of nitrogens with zero attached hydrogens (tertiary/aromatic N) is 3. The summed E-state index contributed by atoms with van der Waals surface area (Å²) in [7, 11) is -4.10. The number of sulfonamides is 1. The van der Waals surface area contributed by atoms with E-state index in [-0.39, 0.29) is 11.6 Å². The minimum absolute atomic E-state index is 0.137. The van der Waals surface area contributed by atoms with Gasteiger partial charge in [0.05, 0.1) is 10.6 Å². The van der Waals surface area contributed by atoms with Crippen LogP contribution in [-0.4, -0.2) is 55.3 Å². The number of piperazine rings is 1. The van der Waals surface area contributed by atoms with Crippen molar-refractivity contribution in [1.82, 2.24) is 14.8 Å². The van der Waals surface area contributed by atoms with Crippen LogP contribution in [0.4, 0.5) is 14.5 Å². The van der Waals surface area contributed by atoms with Gasteiger partial charge in [-0.3, -0.25) is 19.4 Å². The fourth-order valence-electron chi connectivity index (χ4n) is 3.55. The molecule has 1 fully saturated rings. The summed E-state index contributed by atoms with van der Waals surface area (Å²) in [6, 6.07) is 14.1. The minimum Gasteiger partial charge on any atom is -0.336 e. The predicted octanol–water partition coefficient (Wildman–Crippen LogP) is 3.12. The van der Waals surface area contributed by atoms with Crippen molar-refractivity contribution in [3.05, 3.63) is 89.8 Å². The molecule has 4 rings (SSSR count). The van der Waals surface area contributed by atoms with Crippen molar-refractivity contribution in [3.63, 3.8) is 0 Å². The second-order valence-corrected chi connectivity index (χ2v) is 9.33. The van der Waals surface area contributed by atoms with Crippen molar-refractivity contribution in [1.29, 1.82) is 0 Å². The molecular formula is C23H22F2N4O3S. The van der Waals surface area contributed by atoms with E-state index >= 15 is 0 Å². The lowest BCUT2D eigenvalue weighted by molar-refractivity contribution is 0.0627. The maximum Gasteiger partial charge on any atom is 0.261 e. The topological polar surface area (TPSA) is 82.6 Å². The number of rotatable bonds is 6. The van der Waals surface area contributed by atoms with Gasteiger partial charge < -0.3 is 4.90 Å². The van der Waals surface area contributed by atoms with Crippen LogP contribution in [0.1, 0.15) is 16.1 Å². The number of nitrogens with one attached hydrogen (secondary N) is 1. The van der Waals surface area contributed by atoms with Crippen molar-refractivity contribution in [2.45, 2.75) is 11.4 Å². The number of hydrogen-bond acceptors (Lipinski definition) is 5. The monoisotopic (exact) mass is 472 g/mol. The van der Waals surface area contributed by atoms with Crippen molar-refractivity contribution < 1.29 is 22.0 Å². The van der Waals surface area contributed by atoms with Gasteiger partial charge in [-0.25, -0.2) is 17.2 Å². The van der Waals surface area contributed by atoms with Crippen molar-refractivity contribution in [2.75, 3.05) is 30.9 Å². The summed E-state index contributed by atoms with van der Waals surface area (Å²) < 4.78 is 53.6. The van der Waals surface area contributed by atoms with Crippen LogP contribution in [0.5, 0.6) is 0 Å². The van der Waals surface area contributed by atoms with E-state index in [9.17, 15) is 22.0 Å². The highest BCUT2D eigenvalue weighted by atomic mass is 32.2. The highest BCUT2D eigenvalue weighted by Gasteiger charge is 2.23. The number of carbonyl (C=O) groups is 1. The normalized spacial score (nSPS) is 14.8. The molecular weight excluding hydrogens is 450 g/mol. The number of aromatic nitrogens is 1. The average molecular weight is 473 g/mol. The van der Waals surface area contributed by atoms with Gasteiger partial charge in [0.15, 0.2) is 11.6 Å². The molecule has 10 heteroatoms. The highest BCUT2D eigenvalue weighted by molar-refractivity contribution is 7.92. The van der Waals surface area contributed by atoms with Gasteiger partial charge >= 0.3 is 0 Å². The highest BCUT2D eigenvalue weighted by Crippen LogP contribution is 2.19. The van der Waals surface area contributed by atoms with Crippen LogP contribution in [-0.2, 0) is 16.6 Å². The maximum absolute atomic E-state index is 13.4. The molecule has 0 atom stereocenters. The number of pyridine rings is 1. The molecule has 0 saturated carbocycles. The van der Waals surface area contributed by atoms with Gasteiger partial charge in [0.1, 0.15) is 0 Å². The summed E-state index contributed by atoms with van der Waals surface area (Å²) in [4.78, 5) is 20.8. The van der Waals surface area contributed by atoms with E-state index in [4.69, 9.17) is 0 Å². The Morgan fingerprint density at radius 2 is 1.67 bits per heavy atom. The summed E-state index contributed by atoms with van der Waals surface area (Å²) in [6.45, 7) is 3.35. The van der Waals surface area contributed by atoms with Gasteiger partial charge in [0.2, 0.25) is 0 Å². The predicted molar refractivity (Wildman–Crippen MR) is 119 cm³/mol. The van der Waals surface area contributed by atoms with Crippen LogP contribution in [0.25, 0.3) is 0 Å². The standard InChI is InChI=1S/C23H22F2N4O3S/c24-21-9-8-20(15-22(21)25)33(31,32)27-18-6-4-17(5-7-18)23(30)29-13-11-28(12-14-29)16-19-3-1-2-10-26-19/h1-10,15,27H,11-14,16H2. The average Bonchev–Trinajstić information content (AvgIpc) is 2.82. The van der Waals surface area contributed by atoms with Crippen LogP contribution in [0, 0.1) is 11.6 Å². The Bertz CT molecular complexity index is 1230. The first kappa shape index (κ1) is 22.8. The third-order valence-corrected chi connectivity index (χ3v) is 6.74. The molecule has 3 aromatic rings. The first-order valence-electron chi connectivity index (χ1n) is 10.3. The van der Waals surface area contributed by atoms with E-state index in [1.165, 1.54) is 24.3 Å². The molecule has 2 aromatic carbocycles. The Kier molecular flexibility index (Phi) is 6.66. The third-order valence-electron chi connectivity index (χ3n) is 5.36. The molecule has 33 heavy (non-hydrogen) atoms. The molecule has 0 bridgehead atoms. The minimum atomic E-state index is -4.10. The Morgan fingerprint density at radius 3 is 2.30 bits per heavy atom. The Hall–Kier alpha value is -3.37. The van der Waals surface area contributed by atoms with Crippen LogP contribution < -0.4 is 4.72 Å². The first-order valence-corrected chi connectivity index (χ1v) is 11.8. The molecule has 172 valence electrons. The molecule has 0 unspecified atom stereocenters. The van der Waals surface area contributed by atoms with Crippen molar-refractivity contribution in [3.8, 4) is 0 Å². The summed E-state index contributed by atoms with van der Waals surface area (Å²) in [5, 5.41) is 0. The Labute approximate surface area is 190 Å². The zero-order chi connectivity index (χ0) is 23.4. The quantitative estimate of drug-likeness (QED) is 0.596. The number of benzene rings is 2. The van der Waals surface area contributed by atoms with Crippen LogP contribution in [0.2, 0.25) is 0 Å². The van der Waals surface area contributed by atoms with E-state index in [0.29, 0.717) is 24.7 Å². The van der Waals surface area contributed by atoms with Gasteiger partial charge in [-0.05, 0) is 54.6 Å². The fourth-order valence-corrected chi connectivity index (χ4v) is 4.62. The van der Waals surface area contributed by atoms with Gasteiger partial charge in [-0.1, -0.05) is 6.07 Å². The van der Waals surface area contributed by atoms with Gasteiger partial charge in [0.25, 0.3) is 15.9 Å². The lowest BCUT2D eigenvalue weighted by atomic mass is 10.1. The van der Waals surface area contributed by atoms with E-state index in [1.807, 2.05) is 18.2 Å². The Morgan fingerprint density at radius 1 is 0.939 bits per heavy atom. The molecule has 0 radical (unpaired) electrons. The second kappa shape index (κ2) is 9.63. The van der Waals surface area contributed by atoms with E-state index in [2.05, 4.69) is 14.6 Å². The smallest absolute Gasteiger partial charge is 0.261 e. The van der Waals surface area contributed by atoms with Gasteiger partial charge in [-0.2, -0.15) is 0 Å². The zero-order valence-corrected chi connectivity index (χ0v) is 18.4. The van der Waals surface area contributed by atoms with Crippen LogP contribution in [0.15, 0.2) is 71.8 Å². The molecule has 0 aliphatic carbocycles. The van der Waals surface area contributed by atoms with Gasteiger partial charge in [-0.15, -0.1) is 0 Å². The molecule has 1 aliphatic heterocycles. The van der Waals surface area contributed by atoms with Crippen molar-refractivity contribution >= 4 is 21.6 Å². The van der Waals surface area contributed by atoms with Crippen LogP contribution in [0.3, 0.4) is 0 Å². The third kappa shape index (κ3) is 5.52. The summed E-state index contributed by atoms with van der Waals surface area (Å²) in [5.74, 6) is -2.52. The lowest BCUT2D eigenvalue weighted by Gasteiger charge is -2.34.